The van der Waals surface area contributed by atoms with Crippen LogP contribution in [0, 0.1) is 0 Å². The van der Waals surface area contributed by atoms with E-state index in [-0.39, 0.29) is 17.1 Å². The van der Waals surface area contributed by atoms with Crippen molar-refractivity contribution in [1.29, 1.82) is 0 Å². The van der Waals surface area contributed by atoms with E-state index in [2.05, 4.69) is 15.4 Å². The Morgan fingerprint density at radius 2 is 2.25 bits per heavy atom. The number of aromatic carboxylic acids is 1. The third kappa shape index (κ3) is 1.58. The molecule has 0 atom stereocenters. The van der Waals surface area contributed by atoms with Gasteiger partial charge in [0, 0.05) is 13.1 Å². The lowest BCUT2D eigenvalue weighted by atomic mass is 10.3. The predicted molar refractivity (Wildman–Crippen MR) is 54.3 cm³/mol. The minimum Gasteiger partial charge on any atom is -0.477 e. The first kappa shape index (κ1) is 10.1. The molecule has 0 unspecified atom stereocenters. The van der Waals surface area contributed by atoms with E-state index in [9.17, 15) is 9.59 Å². The van der Waals surface area contributed by atoms with E-state index in [0.29, 0.717) is 5.82 Å². The highest BCUT2D eigenvalue weighted by atomic mass is 16.4. The molecule has 7 nitrogen and oxygen atoms in total. The van der Waals surface area contributed by atoms with Gasteiger partial charge in [-0.3, -0.25) is 4.79 Å². The fourth-order valence-corrected chi connectivity index (χ4v) is 1.32. The fraction of sp³-hybridized carbons (Fsp3) is 0.111. The molecule has 0 saturated carbocycles. The monoisotopic (exact) mass is 220 g/mol. The summed E-state index contributed by atoms with van der Waals surface area (Å²) in [5, 5.41) is 15.2. The van der Waals surface area contributed by atoms with Gasteiger partial charge in [0.2, 0.25) is 5.91 Å². The molecule has 2 heterocycles. The number of anilines is 1. The van der Waals surface area contributed by atoms with Gasteiger partial charge in [0.15, 0.2) is 5.65 Å². The average Bonchev–Trinajstić information content (AvgIpc) is 2.61. The molecule has 0 aliphatic rings. The number of hydrogen-bond donors (Lipinski definition) is 2. The summed E-state index contributed by atoms with van der Waals surface area (Å²) < 4.78 is 1.27. The van der Waals surface area contributed by atoms with E-state index >= 15 is 0 Å². The van der Waals surface area contributed by atoms with Gasteiger partial charge in [-0.2, -0.15) is 9.61 Å². The second-order valence-corrected chi connectivity index (χ2v) is 3.11. The lowest BCUT2D eigenvalue weighted by molar-refractivity contribution is -0.114. The second kappa shape index (κ2) is 3.61. The molecule has 7 heteroatoms. The van der Waals surface area contributed by atoms with Gasteiger partial charge >= 0.3 is 5.97 Å². The van der Waals surface area contributed by atoms with Crippen LogP contribution in [0.4, 0.5) is 5.82 Å². The molecule has 2 N–H and O–H groups in total. The number of hydrogen-bond acceptors (Lipinski definition) is 4. The summed E-state index contributed by atoms with van der Waals surface area (Å²) in [5.41, 5.74) is 0.186. The Labute approximate surface area is 89.7 Å². The highest BCUT2D eigenvalue weighted by Gasteiger charge is 2.14. The number of nitrogens with one attached hydrogen (secondary N) is 1. The number of carbonyl (C=O) groups excluding carboxylic acids is 1. The van der Waals surface area contributed by atoms with Crippen molar-refractivity contribution in [3.05, 3.63) is 24.0 Å². The Balaban J connectivity index is 2.61. The average molecular weight is 220 g/mol. The quantitative estimate of drug-likeness (QED) is 0.762. The van der Waals surface area contributed by atoms with E-state index in [0.717, 1.165) is 0 Å². The van der Waals surface area contributed by atoms with Crippen molar-refractivity contribution in [2.45, 2.75) is 6.92 Å². The van der Waals surface area contributed by atoms with E-state index in [4.69, 9.17) is 5.11 Å². The van der Waals surface area contributed by atoms with Crippen LogP contribution in [0.1, 0.15) is 17.3 Å². The molecule has 0 radical (unpaired) electrons. The van der Waals surface area contributed by atoms with Gasteiger partial charge in [-0.05, 0) is 6.07 Å². The standard InChI is InChI=1S/C9H8N4O3/c1-5(14)12-7-2-3-10-8-6(9(15)16)4-11-13(7)8/h2-4H,1H3,(H,12,14)(H,15,16). The fourth-order valence-electron chi connectivity index (χ4n) is 1.32. The zero-order chi connectivity index (χ0) is 11.7. The highest BCUT2D eigenvalue weighted by molar-refractivity contribution is 5.95. The molecule has 2 rings (SSSR count). The number of aromatic nitrogens is 3. The zero-order valence-electron chi connectivity index (χ0n) is 8.34. The number of carbonyl (C=O) groups is 2. The van der Waals surface area contributed by atoms with Crippen molar-refractivity contribution in [2.24, 2.45) is 0 Å². The van der Waals surface area contributed by atoms with Gasteiger partial charge in [-0.1, -0.05) is 0 Å². The first-order chi connectivity index (χ1) is 7.59. The van der Waals surface area contributed by atoms with Crippen molar-refractivity contribution in [2.75, 3.05) is 5.32 Å². The van der Waals surface area contributed by atoms with Gasteiger partial charge < -0.3 is 10.4 Å². The van der Waals surface area contributed by atoms with Crippen LogP contribution >= 0.6 is 0 Å². The smallest absolute Gasteiger partial charge is 0.341 e. The summed E-state index contributed by atoms with van der Waals surface area (Å²) in [4.78, 5) is 25.6. The maximum atomic E-state index is 10.9. The normalized spacial score (nSPS) is 10.3. The number of carboxylic acids is 1. The minimum absolute atomic E-state index is 0.00722. The van der Waals surface area contributed by atoms with Crippen molar-refractivity contribution in [3.8, 4) is 0 Å². The van der Waals surface area contributed by atoms with Gasteiger partial charge in [-0.15, -0.1) is 0 Å². The topological polar surface area (TPSA) is 96.6 Å². The van der Waals surface area contributed by atoms with Crippen molar-refractivity contribution < 1.29 is 14.7 Å². The predicted octanol–water partition coefficient (Wildman–Crippen LogP) is 0.386. The molecule has 0 saturated heterocycles. The molecule has 2 aromatic rings. The van der Waals surface area contributed by atoms with E-state index in [1.807, 2.05) is 0 Å². The van der Waals surface area contributed by atoms with Crippen LogP contribution < -0.4 is 5.32 Å². The highest BCUT2D eigenvalue weighted by Crippen LogP contribution is 2.13. The van der Waals surface area contributed by atoms with Gasteiger partial charge in [0.25, 0.3) is 0 Å². The van der Waals surface area contributed by atoms with Crippen LogP contribution in [0.2, 0.25) is 0 Å². The molecule has 0 aliphatic heterocycles. The Bertz CT molecular complexity index is 575. The van der Waals surface area contributed by atoms with Crippen molar-refractivity contribution in [3.63, 3.8) is 0 Å². The van der Waals surface area contributed by atoms with Crippen LogP contribution in [-0.4, -0.2) is 31.6 Å². The van der Waals surface area contributed by atoms with Crippen molar-refractivity contribution in [1.82, 2.24) is 14.6 Å². The maximum Gasteiger partial charge on any atom is 0.341 e. The zero-order valence-corrected chi connectivity index (χ0v) is 8.34. The van der Waals surface area contributed by atoms with Crippen molar-refractivity contribution >= 4 is 23.3 Å². The summed E-state index contributed by atoms with van der Waals surface area (Å²) in [7, 11) is 0. The molecule has 0 fully saturated rings. The van der Waals surface area contributed by atoms with Crippen LogP contribution in [0.3, 0.4) is 0 Å². The molecule has 2 aromatic heterocycles. The number of nitrogens with zero attached hydrogens (tertiary/aromatic N) is 3. The molecular formula is C9H8N4O3. The summed E-state index contributed by atoms with van der Waals surface area (Å²) in [6.07, 6.45) is 2.60. The first-order valence-corrected chi connectivity index (χ1v) is 4.43. The van der Waals surface area contributed by atoms with Crippen LogP contribution in [0.15, 0.2) is 18.5 Å². The lowest BCUT2D eigenvalue weighted by Gasteiger charge is -2.03. The third-order valence-electron chi connectivity index (χ3n) is 1.94. The number of fused-ring (bicyclic) bond motifs is 1. The second-order valence-electron chi connectivity index (χ2n) is 3.11. The molecule has 1 amide bonds. The minimum atomic E-state index is -1.11. The molecule has 0 spiro atoms. The van der Waals surface area contributed by atoms with Crippen LogP contribution in [0.25, 0.3) is 5.65 Å². The first-order valence-electron chi connectivity index (χ1n) is 4.43. The summed E-state index contributed by atoms with van der Waals surface area (Å²) in [6, 6.07) is 1.53. The Kier molecular flexibility index (Phi) is 2.28. The number of carboxylic acid groups (broad SMARTS) is 1. The van der Waals surface area contributed by atoms with Crippen LogP contribution in [-0.2, 0) is 4.79 Å². The van der Waals surface area contributed by atoms with Crippen LogP contribution in [0.5, 0.6) is 0 Å². The van der Waals surface area contributed by atoms with Gasteiger partial charge in [-0.25, -0.2) is 9.78 Å². The van der Waals surface area contributed by atoms with E-state index in [1.54, 1.807) is 0 Å². The van der Waals surface area contributed by atoms with Gasteiger partial charge in [0.1, 0.15) is 11.4 Å². The Morgan fingerprint density at radius 1 is 1.50 bits per heavy atom. The third-order valence-corrected chi connectivity index (χ3v) is 1.94. The Morgan fingerprint density at radius 3 is 2.88 bits per heavy atom. The molecule has 0 aliphatic carbocycles. The Hall–Kier alpha value is -2.44. The van der Waals surface area contributed by atoms with Gasteiger partial charge in [0.05, 0.1) is 6.20 Å². The number of rotatable bonds is 2. The molecule has 16 heavy (non-hydrogen) atoms. The summed E-state index contributed by atoms with van der Waals surface area (Å²) >= 11 is 0. The van der Waals surface area contributed by atoms with E-state index < -0.39 is 5.97 Å². The molecule has 0 bridgehead atoms. The molecule has 0 aromatic carbocycles. The molecule has 82 valence electrons. The summed E-state index contributed by atoms with van der Waals surface area (Å²) in [6.45, 7) is 1.36. The maximum absolute atomic E-state index is 10.9. The summed E-state index contributed by atoms with van der Waals surface area (Å²) in [5.74, 6) is -0.993. The largest absolute Gasteiger partial charge is 0.477 e. The SMILES string of the molecule is CC(=O)Nc1ccnc2c(C(=O)O)cnn12. The van der Waals surface area contributed by atoms with E-state index in [1.165, 1.54) is 29.9 Å². The number of amides is 1. The molecular weight excluding hydrogens is 212 g/mol. The lowest BCUT2D eigenvalue weighted by Crippen LogP contribution is -2.10.